The molecular formula is C29H33N5O2. The van der Waals surface area contributed by atoms with Crippen LogP contribution in [0.1, 0.15) is 48.8 Å². The predicted octanol–water partition coefficient (Wildman–Crippen LogP) is 5.64. The maximum atomic E-state index is 13.7. The highest BCUT2D eigenvalue weighted by atomic mass is 16.5. The van der Waals surface area contributed by atoms with Crippen LogP contribution in [0.15, 0.2) is 72.9 Å². The zero-order chi connectivity index (χ0) is 25.2. The van der Waals surface area contributed by atoms with Crippen molar-refractivity contribution in [3.8, 4) is 17.3 Å². The molecule has 0 radical (unpaired) electrons. The van der Waals surface area contributed by atoms with Gasteiger partial charge in [-0.05, 0) is 61.2 Å². The summed E-state index contributed by atoms with van der Waals surface area (Å²) in [7, 11) is 1.67. The Balaban J connectivity index is 1.67. The van der Waals surface area contributed by atoms with Crippen molar-refractivity contribution in [1.29, 1.82) is 0 Å². The van der Waals surface area contributed by atoms with Crippen LogP contribution in [-0.4, -0.2) is 38.9 Å². The zero-order valence-electron chi connectivity index (χ0n) is 21.3. The molecule has 7 heteroatoms. The third-order valence-electron chi connectivity index (χ3n) is 6.76. The van der Waals surface area contributed by atoms with Gasteiger partial charge in [-0.15, -0.1) is 0 Å². The molecule has 0 spiro atoms. The number of nitrogens with one attached hydrogen (secondary N) is 1. The highest BCUT2D eigenvalue weighted by Crippen LogP contribution is 2.39. The van der Waals surface area contributed by atoms with E-state index < -0.39 is 0 Å². The molecule has 5 rings (SSSR count). The number of para-hydroxylation sites is 1. The molecule has 7 nitrogen and oxygen atoms in total. The number of aromatic nitrogens is 3. The van der Waals surface area contributed by atoms with E-state index in [9.17, 15) is 4.79 Å². The average Bonchev–Trinajstić information content (AvgIpc) is 3.44. The number of ether oxygens (including phenoxy) is 1. The molecule has 4 aromatic rings. The highest BCUT2D eigenvalue weighted by molar-refractivity contribution is 5.76. The molecule has 0 unspecified atom stereocenters. The quantitative estimate of drug-likeness (QED) is 0.386. The number of hydrogen-bond acceptors (Lipinski definition) is 3. The molecule has 2 aromatic carbocycles. The maximum Gasteiger partial charge on any atom is 0.318 e. The lowest BCUT2D eigenvalue weighted by atomic mass is 10.0. The van der Waals surface area contributed by atoms with Gasteiger partial charge in [-0.25, -0.2) is 9.48 Å². The van der Waals surface area contributed by atoms with Gasteiger partial charge in [0.05, 0.1) is 36.8 Å². The van der Waals surface area contributed by atoms with Crippen molar-refractivity contribution in [3.63, 3.8) is 0 Å². The Hall–Kier alpha value is -4.00. The molecule has 1 aliphatic heterocycles. The third kappa shape index (κ3) is 4.37. The van der Waals surface area contributed by atoms with Gasteiger partial charge < -0.3 is 19.5 Å². The summed E-state index contributed by atoms with van der Waals surface area (Å²) in [6, 6.07) is 21.8. The Morgan fingerprint density at radius 1 is 1.11 bits per heavy atom. The number of hydrogen-bond donors (Lipinski definition) is 1. The normalized spacial score (nSPS) is 14.8. The van der Waals surface area contributed by atoms with Gasteiger partial charge in [0.1, 0.15) is 11.6 Å². The van der Waals surface area contributed by atoms with Crippen molar-refractivity contribution < 1.29 is 9.53 Å². The second-order valence-electron chi connectivity index (χ2n) is 9.66. The maximum absolute atomic E-state index is 13.7. The monoisotopic (exact) mass is 483 g/mol. The van der Waals surface area contributed by atoms with E-state index in [2.05, 4.69) is 54.2 Å². The van der Waals surface area contributed by atoms with Crippen molar-refractivity contribution in [2.24, 2.45) is 5.92 Å². The standard InChI is InChI=1S/C29H33N5O2/c1-20(2)15-16-30-29(35)33-19-25-21(3)31-34(23-11-6-5-7-12-23)28(25)32-17-9-14-26(32)27(33)22-10-8-13-24(18-22)36-4/h5-14,17-18,20,27H,15-16,19H2,1-4H3,(H,30,35)/t27-/m0/s1. The largest absolute Gasteiger partial charge is 0.497 e. The van der Waals surface area contributed by atoms with Crippen LogP contribution in [-0.2, 0) is 6.54 Å². The molecule has 0 fully saturated rings. The van der Waals surface area contributed by atoms with Gasteiger partial charge in [-0.1, -0.05) is 44.2 Å². The van der Waals surface area contributed by atoms with Gasteiger partial charge in [-0.3, -0.25) is 0 Å². The van der Waals surface area contributed by atoms with Gasteiger partial charge in [0.25, 0.3) is 0 Å². The topological polar surface area (TPSA) is 64.3 Å². The fraction of sp³-hybridized carbons (Fsp3) is 0.310. The minimum atomic E-state index is -0.301. The van der Waals surface area contributed by atoms with Gasteiger partial charge in [-0.2, -0.15) is 5.10 Å². The van der Waals surface area contributed by atoms with Crippen LogP contribution in [0.25, 0.3) is 11.5 Å². The summed E-state index contributed by atoms with van der Waals surface area (Å²) in [4.78, 5) is 15.7. The van der Waals surface area contributed by atoms with E-state index >= 15 is 0 Å². The number of rotatable bonds is 6. The van der Waals surface area contributed by atoms with Gasteiger partial charge in [0.15, 0.2) is 0 Å². The Labute approximate surface area is 212 Å². The number of carbonyl (C=O) groups excluding carboxylic acids is 1. The number of aryl methyl sites for hydroxylation is 1. The first-order valence-electron chi connectivity index (χ1n) is 12.5. The molecule has 2 amide bonds. The number of urea groups is 1. The molecule has 186 valence electrons. The number of nitrogens with zero attached hydrogens (tertiary/aromatic N) is 4. The molecule has 1 N–H and O–H groups in total. The molecule has 2 aromatic heterocycles. The number of carbonyl (C=O) groups is 1. The number of fused-ring (bicyclic) bond motifs is 3. The van der Waals surface area contributed by atoms with Crippen LogP contribution in [0.4, 0.5) is 4.79 Å². The van der Waals surface area contributed by atoms with E-state index in [1.54, 1.807) is 7.11 Å². The molecule has 36 heavy (non-hydrogen) atoms. The van der Waals surface area contributed by atoms with Crippen molar-refractivity contribution >= 4 is 6.03 Å². The minimum absolute atomic E-state index is 0.0871. The Morgan fingerprint density at radius 3 is 2.67 bits per heavy atom. The molecule has 1 atom stereocenters. The SMILES string of the molecule is COc1cccc([C@H]2c3cccn3-c3c(c(C)nn3-c3ccccc3)CN2C(=O)NCCC(C)C)c1. The Bertz CT molecular complexity index is 1360. The molecule has 0 saturated heterocycles. The third-order valence-corrected chi connectivity index (χ3v) is 6.76. The van der Waals surface area contributed by atoms with Crippen molar-refractivity contribution in [2.75, 3.05) is 13.7 Å². The van der Waals surface area contributed by atoms with E-state index in [4.69, 9.17) is 9.84 Å². The summed E-state index contributed by atoms with van der Waals surface area (Å²) in [5.74, 6) is 2.24. The molecule has 0 aliphatic carbocycles. The molecule has 1 aliphatic rings. The summed E-state index contributed by atoms with van der Waals surface area (Å²) in [5, 5.41) is 8.08. The van der Waals surface area contributed by atoms with E-state index in [0.717, 1.165) is 46.2 Å². The van der Waals surface area contributed by atoms with Crippen LogP contribution in [0.3, 0.4) is 0 Å². The van der Waals surface area contributed by atoms with Crippen LogP contribution < -0.4 is 10.1 Å². The number of amides is 2. The first kappa shape index (κ1) is 23.7. The van der Waals surface area contributed by atoms with E-state index in [-0.39, 0.29) is 12.1 Å². The lowest BCUT2D eigenvalue weighted by molar-refractivity contribution is 0.180. The van der Waals surface area contributed by atoms with Gasteiger partial charge in [0.2, 0.25) is 0 Å². The second-order valence-corrected chi connectivity index (χ2v) is 9.66. The molecule has 0 bridgehead atoms. The van der Waals surface area contributed by atoms with Crippen molar-refractivity contribution in [3.05, 3.63) is 95.4 Å². The fourth-order valence-corrected chi connectivity index (χ4v) is 4.88. The van der Waals surface area contributed by atoms with Crippen LogP contribution >= 0.6 is 0 Å². The van der Waals surface area contributed by atoms with Gasteiger partial charge >= 0.3 is 6.03 Å². The predicted molar refractivity (Wildman–Crippen MR) is 141 cm³/mol. The van der Waals surface area contributed by atoms with Crippen molar-refractivity contribution in [1.82, 2.24) is 24.6 Å². The number of benzene rings is 2. The minimum Gasteiger partial charge on any atom is -0.497 e. The first-order valence-corrected chi connectivity index (χ1v) is 12.5. The fourth-order valence-electron chi connectivity index (χ4n) is 4.88. The highest BCUT2D eigenvalue weighted by Gasteiger charge is 2.36. The Kier molecular flexibility index (Phi) is 6.55. The van der Waals surface area contributed by atoms with E-state index in [0.29, 0.717) is 19.0 Å². The summed E-state index contributed by atoms with van der Waals surface area (Å²) in [6.07, 6.45) is 2.98. The zero-order valence-corrected chi connectivity index (χ0v) is 21.3. The molecular weight excluding hydrogens is 450 g/mol. The second kappa shape index (κ2) is 9.93. The summed E-state index contributed by atoms with van der Waals surface area (Å²) < 4.78 is 9.69. The van der Waals surface area contributed by atoms with Crippen molar-refractivity contribution in [2.45, 2.75) is 39.8 Å². The lowest BCUT2D eigenvalue weighted by Crippen LogP contribution is -2.42. The van der Waals surface area contributed by atoms with Crippen LogP contribution in [0, 0.1) is 12.8 Å². The Morgan fingerprint density at radius 2 is 1.92 bits per heavy atom. The molecule has 0 saturated carbocycles. The van der Waals surface area contributed by atoms with Crippen LogP contribution in [0.2, 0.25) is 0 Å². The van der Waals surface area contributed by atoms with E-state index in [1.807, 2.05) is 59.0 Å². The van der Waals surface area contributed by atoms with E-state index in [1.165, 1.54) is 0 Å². The molecule has 3 heterocycles. The average molecular weight is 484 g/mol. The smallest absolute Gasteiger partial charge is 0.318 e. The summed E-state index contributed by atoms with van der Waals surface area (Å²) in [5.41, 5.74) is 4.91. The van der Waals surface area contributed by atoms with Crippen LogP contribution in [0.5, 0.6) is 5.75 Å². The summed E-state index contributed by atoms with van der Waals surface area (Å²) >= 11 is 0. The summed E-state index contributed by atoms with van der Waals surface area (Å²) in [6.45, 7) is 7.41. The number of methoxy groups -OCH3 is 1. The lowest BCUT2D eigenvalue weighted by Gasteiger charge is -2.31. The van der Waals surface area contributed by atoms with Gasteiger partial charge in [0, 0.05) is 18.3 Å². The first-order chi connectivity index (χ1) is 17.5.